The molecule has 13 heavy (non-hydrogen) atoms. The molecular formula is C7H8NNaO2S2. The number of hydrogen-bond acceptors (Lipinski definition) is 4. The van der Waals surface area contributed by atoms with Gasteiger partial charge >= 0.3 is 35.7 Å². The van der Waals surface area contributed by atoms with Crippen LogP contribution in [0.5, 0.6) is 5.75 Å². The predicted octanol–water partition coefficient (Wildman–Crippen LogP) is -0.707. The Morgan fingerprint density at radius 3 is 2.31 bits per heavy atom. The van der Waals surface area contributed by atoms with Crippen LogP contribution in [-0.2, 0) is 0 Å². The number of rotatable bonds is 1. The van der Waals surface area contributed by atoms with Gasteiger partial charge in [0.05, 0.1) is 0 Å². The Labute approximate surface area is 111 Å². The molecule has 66 valence electrons. The number of carbonyl (C=O) groups is 1. The number of thiol groups is 2. The molecule has 0 aliphatic heterocycles. The van der Waals surface area contributed by atoms with Crippen LogP contribution in [0.3, 0.4) is 0 Å². The Balaban J connectivity index is 0. The van der Waals surface area contributed by atoms with E-state index in [0.29, 0.717) is 5.75 Å². The van der Waals surface area contributed by atoms with Crippen LogP contribution < -0.4 is 34.3 Å². The van der Waals surface area contributed by atoms with E-state index >= 15 is 0 Å². The van der Waals surface area contributed by atoms with Gasteiger partial charge in [0.2, 0.25) is 0 Å². The SMILES string of the molecule is O=C(Oc1ccccc1)N(S)S.[H-].[Na+]. The van der Waals surface area contributed by atoms with Crippen LogP contribution in [0.4, 0.5) is 4.79 Å². The summed E-state index contributed by atoms with van der Waals surface area (Å²) in [5.41, 5.74) is 0. The molecule has 0 fully saturated rings. The Bertz CT molecular complexity index is 274. The van der Waals surface area contributed by atoms with E-state index in [4.69, 9.17) is 4.74 Å². The van der Waals surface area contributed by atoms with Crippen LogP contribution >= 0.6 is 25.6 Å². The molecule has 1 rings (SSSR count). The van der Waals surface area contributed by atoms with E-state index in [0.717, 1.165) is 3.71 Å². The topological polar surface area (TPSA) is 29.5 Å². The second-order valence-electron chi connectivity index (χ2n) is 1.97. The fraction of sp³-hybridized carbons (Fsp3) is 0. The average molecular weight is 225 g/mol. The molecule has 3 nitrogen and oxygen atoms in total. The van der Waals surface area contributed by atoms with E-state index < -0.39 is 6.09 Å². The summed E-state index contributed by atoms with van der Waals surface area (Å²) in [5, 5.41) is 0. The van der Waals surface area contributed by atoms with Crippen molar-refractivity contribution in [2.24, 2.45) is 0 Å². The van der Waals surface area contributed by atoms with Gasteiger partial charge in [-0.1, -0.05) is 18.2 Å². The Morgan fingerprint density at radius 2 is 1.85 bits per heavy atom. The fourth-order valence-electron chi connectivity index (χ4n) is 0.630. The molecule has 0 saturated carbocycles. The van der Waals surface area contributed by atoms with Crippen LogP contribution in [0.1, 0.15) is 1.43 Å². The molecular weight excluding hydrogens is 217 g/mol. The van der Waals surface area contributed by atoms with Crippen LogP contribution in [0.15, 0.2) is 30.3 Å². The molecule has 6 heteroatoms. The van der Waals surface area contributed by atoms with Crippen molar-refractivity contribution in [1.82, 2.24) is 3.71 Å². The maximum atomic E-state index is 10.9. The smallest absolute Gasteiger partial charge is 1.00 e. The molecule has 1 aromatic rings. The molecule has 1 aromatic carbocycles. The molecule has 0 heterocycles. The van der Waals surface area contributed by atoms with Crippen LogP contribution in [-0.4, -0.2) is 9.80 Å². The van der Waals surface area contributed by atoms with E-state index in [1.807, 2.05) is 6.07 Å². The van der Waals surface area contributed by atoms with Crippen molar-refractivity contribution in [3.63, 3.8) is 0 Å². The first-order chi connectivity index (χ1) is 5.70. The third kappa shape index (κ3) is 4.83. The standard InChI is InChI=1S/C7H7NO2S2.Na.H/c9-7(8(11)12)10-6-4-2-1-3-5-6;;/h1-5,11-12H;;/q;+1;-1. The summed E-state index contributed by atoms with van der Waals surface area (Å²) < 4.78 is 5.58. The van der Waals surface area contributed by atoms with E-state index in [9.17, 15) is 4.79 Å². The van der Waals surface area contributed by atoms with Crippen molar-refractivity contribution < 1.29 is 40.5 Å². The van der Waals surface area contributed by atoms with Crippen LogP contribution in [0, 0.1) is 0 Å². The van der Waals surface area contributed by atoms with E-state index in [-0.39, 0.29) is 31.0 Å². The summed E-state index contributed by atoms with van der Waals surface area (Å²) in [7, 11) is 0. The number of amides is 1. The van der Waals surface area contributed by atoms with Crippen molar-refractivity contribution in [2.75, 3.05) is 0 Å². The summed E-state index contributed by atoms with van der Waals surface area (Å²) >= 11 is 7.29. The zero-order chi connectivity index (χ0) is 8.97. The third-order valence-corrected chi connectivity index (χ3v) is 1.44. The summed E-state index contributed by atoms with van der Waals surface area (Å²) in [6.07, 6.45) is -0.632. The van der Waals surface area contributed by atoms with Gasteiger partial charge in [0.25, 0.3) is 0 Å². The average Bonchev–Trinajstić information content (AvgIpc) is 2.06. The zero-order valence-electron chi connectivity index (χ0n) is 8.04. The molecule has 0 atom stereocenters. The first-order valence-electron chi connectivity index (χ1n) is 3.15. The number of para-hydroxylation sites is 1. The molecule has 0 N–H and O–H groups in total. The first kappa shape index (κ1) is 13.2. The van der Waals surface area contributed by atoms with Gasteiger partial charge in [0, 0.05) is 0 Å². The van der Waals surface area contributed by atoms with Crippen molar-refractivity contribution in [3.8, 4) is 5.75 Å². The largest absolute Gasteiger partial charge is 1.00 e. The minimum atomic E-state index is -0.632. The van der Waals surface area contributed by atoms with E-state index in [1.165, 1.54) is 0 Å². The van der Waals surface area contributed by atoms with Crippen molar-refractivity contribution >= 4 is 31.7 Å². The second-order valence-corrected chi connectivity index (χ2v) is 3.09. The van der Waals surface area contributed by atoms with Gasteiger partial charge in [-0.25, -0.2) is 4.79 Å². The fourth-order valence-corrected chi connectivity index (χ4v) is 0.712. The molecule has 0 spiro atoms. The van der Waals surface area contributed by atoms with Crippen LogP contribution in [0.2, 0.25) is 0 Å². The summed E-state index contributed by atoms with van der Waals surface area (Å²) in [6.45, 7) is 0. The summed E-state index contributed by atoms with van der Waals surface area (Å²) in [5.74, 6) is 0.468. The quantitative estimate of drug-likeness (QED) is 0.488. The summed E-state index contributed by atoms with van der Waals surface area (Å²) in [4.78, 5) is 10.9. The van der Waals surface area contributed by atoms with Gasteiger partial charge in [0.15, 0.2) is 0 Å². The van der Waals surface area contributed by atoms with Crippen molar-refractivity contribution in [2.45, 2.75) is 0 Å². The van der Waals surface area contributed by atoms with E-state index in [2.05, 4.69) is 25.6 Å². The molecule has 0 radical (unpaired) electrons. The first-order valence-corrected chi connectivity index (χ1v) is 3.95. The van der Waals surface area contributed by atoms with E-state index in [1.54, 1.807) is 24.3 Å². The maximum Gasteiger partial charge on any atom is 1.00 e. The zero-order valence-corrected chi connectivity index (χ0v) is 10.8. The summed E-state index contributed by atoms with van der Waals surface area (Å²) in [6, 6.07) is 8.70. The predicted molar refractivity (Wildman–Crippen MR) is 53.4 cm³/mol. The van der Waals surface area contributed by atoms with Gasteiger partial charge in [-0.05, 0) is 37.8 Å². The second kappa shape index (κ2) is 6.62. The molecule has 0 unspecified atom stereocenters. The number of nitrogens with zero attached hydrogens (tertiary/aromatic N) is 1. The number of hydrogen-bond donors (Lipinski definition) is 2. The Kier molecular flexibility index (Phi) is 6.71. The normalized spacial score (nSPS) is 8.46. The molecule has 0 bridgehead atoms. The van der Waals surface area contributed by atoms with Gasteiger partial charge in [-0.2, -0.15) is 3.71 Å². The minimum absolute atomic E-state index is 0. The van der Waals surface area contributed by atoms with Gasteiger partial charge < -0.3 is 6.16 Å². The third-order valence-electron chi connectivity index (χ3n) is 1.11. The van der Waals surface area contributed by atoms with Gasteiger partial charge in [-0.3, -0.25) is 0 Å². The molecule has 0 aliphatic rings. The number of ether oxygens (including phenoxy) is 1. The number of benzene rings is 1. The number of carbonyl (C=O) groups excluding carboxylic acids is 1. The van der Waals surface area contributed by atoms with Gasteiger partial charge in [0.1, 0.15) is 5.75 Å². The molecule has 0 aliphatic carbocycles. The molecule has 0 aromatic heterocycles. The van der Waals surface area contributed by atoms with Gasteiger partial charge in [-0.15, -0.1) is 0 Å². The van der Waals surface area contributed by atoms with Crippen LogP contribution in [0.25, 0.3) is 0 Å². The molecule has 0 saturated heterocycles. The molecule has 1 amide bonds. The monoisotopic (exact) mass is 225 g/mol. The van der Waals surface area contributed by atoms with Crippen molar-refractivity contribution in [1.29, 1.82) is 0 Å². The minimum Gasteiger partial charge on any atom is -1.00 e. The van der Waals surface area contributed by atoms with Crippen molar-refractivity contribution in [3.05, 3.63) is 30.3 Å². The Hall–Kier alpha value is 0.190. The maximum absolute atomic E-state index is 10.9. The Morgan fingerprint density at radius 1 is 1.31 bits per heavy atom.